The van der Waals surface area contributed by atoms with Crippen molar-refractivity contribution in [3.8, 4) is 0 Å². The van der Waals surface area contributed by atoms with E-state index in [0.29, 0.717) is 31.7 Å². The number of pyridine rings is 1. The first-order valence-electron chi connectivity index (χ1n) is 11.4. The standard InChI is InChI=1S/C18H24F2N4O4.C6H5NO/c1-11(21-2)17(26)23-5-3-22(4-6-23)16-14(19)7-12(8-15(16)20)24-9-13(10-25)28-18(24)27;8-5-6-2-1-3-7-4-6/h7-8,11,13,21,25H,3-6,9-10H2,1-2H3;1-5H. The molecule has 4 rings (SSSR count). The molecule has 0 aliphatic carbocycles. The number of benzene rings is 1. The highest BCUT2D eigenvalue weighted by atomic mass is 19.1. The molecule has 0 spiro atoms. The van der Waals surface area contributed by atoms with E-state index in [1.165, 1.54) is 6.20 Å². The molecule has 2 amide bonds. The molecule has 2 aliphatic heterocycles. The monoisotopic (exact) mass is 505 g/mol. The summed E-state index contributed by atoms with van der Waals surface area (Å²) in [6.07, 6.45) is 2.45. The van der Waals surface area contributed by atoms with Gasteiger partial charge in [0.2, 0.25) is 5.91 Å². The summed E-state index contributed by atoms with van der Waals surface area (Å²) < 4.78 is 34.3. The van der Waals surface area contributed by atoms with E-state index in [0.717, 1.165) is 23.3 Å². The van der Waals surface area contributed by atoms with Gasteiger partial charge in [-0.3, -0.25) is 19.5 Å². The molecule has 10 nitrogen and oxygen atoms in total. The van der Waals surface area contributed by atoms with Crippen LogP contribution in [0.15, 0.2) is 36.7 Å². The number of nitrogens with zero attached hydrogens (tertiary/aromatic N) is 4. The summed E-state index contributed by atoms with van der Waals surface area (Å²) in [6.45, 7) is 2.75. The van der Waals surface area contributed by atoms with E-state index in [2.05, 4.69) is 10.3 Å². The number of aliphatic hydroxyl groups excluding tert-OH is 1. The van der Waals surface area contributed by atoms with Crippen molar-refractivity contribution in [3.05, 3.63) is 53.9 Å². The zero-order chi connectivity index (χ0) is 26.2. The summed E-state index contributed by atoms with van der Waals surface area (Å²) in [7, 11) is 1.70. The molecule has 36 heavy (non-hydrogen) atoms. The minimum Gasteiger partial charge on any atom is -0.441 e. The summed E-state index contributed by atoms with van der Waals surface area (Å²) in [5.41, 5.74) is 0.479. The molecule has 2 unspecified atom stereocenters. The Bertz CT molecular complexity index is 1040. The highest BCUT2D eigenvalue weighted by Crippen LogP contribution is 2.31. The fraction of sp³-hybridized carbons (Fsp3) is 0.417. The fourth-order valence-corrected chi connectivity index (χ4v) is 3.83. The lowest BCUT2D eigenvalue weighted by Crippen LogP contribution is -2.53. The van der Waals surface area contributed by atoms with Crippen LogP contribution in [-0.4, -0.2) is 91.8 Å². The second-order valence-electron chi connectivity index (χ2n) is 8.28. The van der Waals surface area contributed by atoms with Crippen LogP contribution in [0.2, 0.25) is 0 Å². The van der Waals surface area contributed by atoms with Crippen molar-refractivity contribution < 1.29 is 33.0 Å². The first kappa shape index (κ1) is 27.0. The molecule has 0 saturated carbocycles. The number of hydrogen-bond donors (Lipinski definition) is 2. The van der Waals surface area contributed by atoms with E-state index in [1.807, 2.05) is 0 Å². The average Bonchev–Trinajstić information content (AvgIpc) is 3.29. The van der Waals surface area contributed by atoms with Crippen molar-refractivity contribution in [1.82, 2.24) is 15.2 Å². The maximum atomic E-state index is 14.7. The number of carbonyl (C=O) groups is 3. The van der Waals surface area contributed by atoms with Crippen molar-refractivity contribution in [2.24, 2.45) is 0 Å². The van der Waals surface area contributed by atoms with Gasteiger partial charge in [-0.2, -0.15) is 0 Å². The number of amides is 2. The van der Waals surface area contributed by atoms with E-state index in [1.54, 1.807) is 42.1 Å². The predicted molar refractivity (Wildman–Crippen MR) is 128 cm³/mol. The van der Waals surface area contributed by atoms with Gasteiger partial charge in [-0.15, -0.1) is 0 Å². The van der Waals surface area contributed by atoms with Crippen LogP contribution in [0.3, 0.4) is 0 Å². The van der Waals surface area contributed by atoms with Crippen LogP contribution in [0.1, 0.15) is 17.3 Å². The van der Waals surface area contributed by atoms with Crippen LogP contribution in [0.25, 0.3) is 0 Å². The molecule has 1 aromatic carbocycles. The second-order valence-corrected chi connectivity index (χ2v) is 8.28. The minimum atomic E-state index is -0.793. The van der Waals surface area contributed by atoms with Crippen molar-refractivity contribution in [1.29, 1.82) is 0 Å². The van der Waals surface area contributed by atoms with Gasteiger partial charge in [-0.25, -0.2) is 13.6 Å². The Morgan fingerprint density at radius 1 is 1.28 bits per heavy atom. The normalized spacial score (nSPS) is 18.3. The Balaban J connectivity index is 0.000000383. The number of aliphatic hydroxyl groups is 1. The summed E-state index contributed by atoms with van der Waals surface area (Å²) >= 11 is 0. The topological polar surface area (TPSA) is 115 Å². The van der Waals surface area contributed by atoms with Crippen LogP contribution in [-0.2, 0) is 9.53 Å². The maximum Gasteiger partial charge on any atom is 0.414 e. The first-order chi connectivity index (χ1) is 17.3. The lowest BCUT2D eigenvalue weighted by molar-refractivity contribution is -0.133. The quantitative estimate of drug-likeness (QED) is 0.567. The van der Waals surface area contributed by atoms with Crippen LogP contribution >= 0.6 is 0 Å². The van der Waals surface area contributed by atoms with Gasteiger partial charge in [0.05, 0.1) is 24.9 Å². The molecule has 2 saturated heterocycles. The van der Waals surface area contributed by atoms with E-state index in [4.69, 9.17) is 9.84 Å². The Kier molecular flexibility index (Phi) is 9.25. The number of halogens is 2. The number of hydrogen-bond acceptors (Lipinski definition) is 8. The zero-order valence-corrected chi connectivity index (χ0v) is 20.1. The molecule has 12 heteroatoms. The number of nitrogens with one attached hydrogen (secondary N) is 1. The van der Waals surface area contributed by atoms with Crippen LogP contribution in [0, 0.1) is 11.6 Å². The number of ether oxygens (including phenoxy) is 1. The van der Waals surface area contributed by atoms with Crippen molar-refractivity contribution in [3.63, 3.8) is 0 Å². The fourth-order valence-electron chi connectivity index (χ4n) is 3.83. The van der Waals surface area contributed by atoms with E-state index >= 15 is 0 Å². The highest BCUT2D eigenvalue weighted by Gasteiger charge is 2.34. The van der Waals surface area contributed by atoms with E-state index < -0.39 is 23.8 Å². The predicted octanol–water partition coefficient (Wildman–Crippen LogP) is 1.43. The lowest BCUT2D eigenvalue weighted by atomic mass is 10.2. The molecular weight excluding hydrogens is 476 g/mol. The number of cyclic esters (lactones) is 1. The zero-order valence-electron chi connectivity index (χ0n) is 20.1. The Hall–Kier alpha value is -3.64. The van der Waals surface area contributed by atoms with Crippen molar-refractivity contribution >= 4 is 29.7 Å². The Morgan fingerprint density at radius 2 is 1.94 bits per heavy atom. The van der Waals surface area contributed by atoms with Gasteiger partial charge < -0.3 is 25.0 Å². The lowest BCUT2D eigenvalue weighted by Gasteiger charge is -2.37. The first-order valence-corrected chi connectivity index (χ1v) is 11.4. The SMILES string of the molecule is CNC(C)C(=O)N1CCN(c2c(F)cc(N3CC(CO)OC3=O)cc2F)CC1.O=Cc1cccnc1. The number of carbonyl (C=O) groups excluding carboxylic acids is 3. The van der Waals surface area contributed by atoms with Crippen molar-refractivity contribution in [2.75, 3.05) is 56.2 Å². The number of aldehydes is 1. The van der Waals surface area contributed by atoms with Gasteiger partial charge in [-0.05, 0) is 26.1 Å². The van der Waals surface area contributed by atoms with Gasteiger partial charge in [0.1, 0.15) is 11.8 Å². The molecule has 1 aromatic heterocycles. The third kappa shape index (κ3) is 6.32. The molecule has 0 bridgehead atoms. The molecule has 2 aliphatic rings. The molecular formula is C24H29F2N5O5. The highest BCUT2D eigenvalue weighted by molar-refractivity contribution is 5.90. The number of anilines is 2. The molecule has 0 radical (unpaired) electrons. The van der Waals surface area contributed by atoms with Gasteiger partial charge in [-0.1, -0.05) is 0 Å². The third-order valence-electron chi connectivity index (χ3n) is 5.92. The van der Waals surface area contributed by atoms with Crippen LogP contribution < -0.4 is 15.1 Å². The molecule has 194 valence electrons. The largest absolute Gasteiger partial charge is 0.441 e. The molecule has 2 atom stereocenters. The minimum absolute atomic E-state index is 0.0258. The van der Waals surface area contributed by atoms with Gasteiger partial charge in [0.25, 0.3) is 0 Å². The summed E-state index contributed by atoms with van der Waals surface area (Å²) in [6, 6.07) is 5.28. The molecule has 2 N–H and O–H groups in total. The maximum absolute atomic E-state index is 14.7. The second kappa shape index (κ2) is 12.4. The average molecular weight is 506 g/mol. The Labute approximate surface area is 207 Å². The molecule has 2 aromatic rings. The van der Waals surface area contributed by atoms with E-state index in [9.17, 15) is 23.2 Å². The van der Waals surface area contributed by atoms with Gasteiger partial charge in [0.15, 0.2) is 17.9 Å². The smallest absolute Gasteiger partial charge is 0.414 e. The molecule has 3 heterocycles. The van der Waals surface area contributed by atoms with E-state index in [-0.39, 0.29) is 36.5 Å². The van der Waals surface area contributed by atoms with Crippen molar-refractivity contribution in [2.45, 2.75) is 19.1 Å². The summed E-state index contributed by atoms with van der Waals surface area (Å²) in [5, 5.41) is 12.0. The number of likely N-dealkylation sites (N-methyl/N-ethyl adjacent to an activating group) is 1. The summed E-state index contributed by atoms with van der Waals surface area (Å²) in [4.78, 5) is 42.0. The number of rotatable bonds is 6. The van der Waals surface area contributed by atoms with Crippen LogP contribution in [0.5, 0.6) is 0 Å². The van der Waals surface area contributed by atoms with Crippen LogP contribution in [0.4, 0.5) is 25.0 Å². The number of aromatic nitrogens is 1. The molecule has 2 fully saturated rings. The third-order valence-corrected chi connectivity index (χ3v) is 5.92. The Morgan fingerprint density at radius 3 is 2.42 bits per heavy atom. The van der Waals surface area contributed by atoms with Gasteiger partial charge >= 0.3 is 6.09 Å². The van der Waals surface area contributed by atoms with Gasteiger partial charge in [0, 0.05) is 56.3 Å². The summed E-state index contributed by atoms with van der Waals surface area (Å²) in [5.74, 6) is -1.64. The number of piperazine rings is 1.